The summed E-state index contributed by atoms with van der Waals surface area (Å²) in [6.45, 7) is 0. The Morgan fingerprint density at radius 3 is 3.00 bits per heavy atom. The lowest BCUT2D eigenvalue weighted by molar-refractivity contribution is 1.31. The molecule has 2 aromatic heterocycles. The average molecular weight is 214 g/mol. The molecule has 0 N–H and O–H groups in total. The molecule has 0 aliphatic carbocycles. The first-order valence-electron chi connectivity index (χ1n) is 4.47. The standard InChI is InChI=1S/C11H6N2OS/c14-11-2-1-7-5-9-10(6-8(7)13-11)15-4-3-12-9/h1-6H. The molecule has 0 aliphatic rings. The lowest BCUT2D eigenvalue weighted by Gasteiger charge is -1.98. The van der Waals surface area contributed by atoms with E-state index in [9.17, 15) is 4.79 Å². The van der Waals surface area contributed by atoms with Crippen LogP contribution < -0.4 is 5.56 Å². The molecule has 0 aliphatic heterocycles. The van der Waals surface area contributed by atoms with Gasteiger partial charge in [-0.25, -0.2) is 4.98 Å². The third-order valence-corrected chi connectivity index (χ3v) is 3.05. The highest BCUT2D eigenvalue weighted by Gasteiger charge is 2.00. The molecule has 0 radical (unpaired) electrons. The fourth-order valence-electron chi connectivity index (χ4n) is 1.53. The number of benzene rings is 1. The Bertz CT molecular complexity index is 705. The van der Waals surface area contributed by atoms with Gasteiger partial charge in [-0.05, 0) is 18.2 Å². The van der Waals surface area contributed by atoms with Crippen LogP contribution in [0.5, 0.6) is 0 Å². The molecule has 3 rings (SSSR count). The second-order valence-corrected chi connectivity index (χ2v) is 4.14. The van der Waals surface area contributed by atoms with Crippen molar-refractivity contribution in [2.24, 2.45) is 0 Å². The second kappa shape index (κ2) is 3.10. The molecule has 3 nitrogen and oxygen atoms in total. The highest BCUT2D eigenvalue weighted by molar-refractivity contribution is 7.16. The maximum absolute atomic E-state index is 11.1. The fraction of sp³-hybridized carbons (Fsp3) is 0. The van der Waals surface area contributed by atoms with E-state index >= 15 is 0 Å². The molecule has 0 unspecified atom stereocenters. The summed E-state index contributed by atoms with van der Waals surface area (Å²) in [5, 5.41) is 2.86. The number of aromatic nitrogens is 2. The van der Waals surface area contributed by atoms with Crippen LogP contribution in [0.2, 0.25) is 0 Å². The minimum absolute atomic E-state index is 0.198. The summed E-state index contributed by atoms with van der Waals surface area (Å²) in [5.74, 6) is 0. The van der Waals surface area contributed by atoms with Crippen LogP contribution in [-0.2, 0) is 0 Å². The first-order chi connectivity index (χ1) is 7.33. The van der Waals surface area contributed by atoms with E-state index in [2.05, 4.69) is 9.97 Å². The Balaban J connectivity index is 2.53. The molecule has 0 saturated carbocycles. The van der Waals surface area contributed by atoms with E-state index in [1.165, 1.54) is 6.07 Å². The Hall–Kier alpha value is -1.81. The first kappa shape index (κ1) is 8.49. The highest BCUT2D eigenvalue weighted by atomic mass is 32.1. The Labute approximate surface area is 89.0 Å². The molecule has 0 atom stereocenters. The number of nitrogens with zero attached hydrogens (tertiary/aromatic N) is 2. The Kier molecular flexibility index (Phi) is 1.76. The molecule has 3 aromatic rings. The van der Waals surface area contributed by atoms with Crippen molar-refractivity contribution < 1.29 is 0 Å². The summed E-state index contributed by atoms with van der Waals surface area (Å²) in [4.78, 5) is 19.3. The summed E-state index contributed by atoms with van der Waals surface area (Å²) < 4.78 is 1.04. The molecular formula is C11H6N2OS. The number of hydrogen-bond acceptors (Lipinski definition) is 4. The Morgan fingerprint density at radius 1 is 1.13 bits per heavy atom. The van der Waals surface area contributed by atoms with E-state index in [1.54, 1.807) is 23.6 Å². The van der Waals surface area contributed by atoms with Crippen LogP contribution in [-0.4, -0.2) is 9.97 Å². The van der Waals surface area contributed by atoms with Crippen molar-refractivity contribution in [2.45, 2.75) is 0 Å². The molecule has 0 fully saturated rings. The number of hydrogen-bond donors (Lipinski definition) is 0. The van der Waals surface area contributed by atoms with Gasteiger partial charge in [0.2, 0.25) is 0 Å². The molecule has 0 amide bonds. The monoisotopic (exact) mass is 214 g/mol. The second-order valence-electron chi connectivity index (χ2n) is 3.19. The maximum atomic E-state index is 11.1. The van der Waals surface area contributed by atoms with E-state index in [0.717, 1.165) is 21.1 Å². The molecule has 0 spiro atoms. The molecular weight excluding hydrogens is 208 g/mol. The highest BCUT2D eigenvalue weighted by Crippen LogP contribution is 2.21. The van der Waals surface area contributed by atoms with Gasteiger partial charge in [0.05, 0.1) is 15.7 Å². The maximum Gasteiger partial charge on any atom is 0.270 e. The van der Waals surface area contributed by atoms with Crippen molar-refractivity contribution in [3.63, 3.8) is 0 Å². The van der Waals surface area contributed by atoms with Crippen molar-refractivity contribution >= 4 is 32.5 Å². The van der Waals surface area contributed by atoms with Crippen molar-refractivity contribution in [1.82, 2.24) is 9.97 Å². The molecule has 1 aromatic carbocycles. The van der Waals surface area contributed by atoms with Crippen LogP contribution in [0.3, 0.4) is 0 Å². The number of fused-ring (bicyclic) bond motifs is 2. The summed E-state index contributed by atoms with van der Waals surface area (Å²) in [6.07, 6.45) is 1.77. The van der Waals surface area contributed by atoms with Crippen molar-refractivity contribution in [1.29, 1.82) is 0 Å². The quantitative estimate of drug-likeness (QED) is 0.539. The summed E-state index contributed by atoms with van der Waals surface area (Å²) >= 11 is 1.59. The summed E-state index contributed by atoms with van der Waals surface area (Å²) in [6, 6.07) is 7.11. The minimum atomic E-state index is -0.198. The van der Waals surface area contributed by atoms with Crippen LogP contribution in [0.4, 0.5) is 0 Å². The van der Waals surface area contributed by atoms with Gasteiger partial charge in [0.1, 0.15) is 0 Å². The van der Waals surface area contributed by atoms with E-state index in [4.69, 9.17) is 0 Å². The minimum Gasteiger partial charge on any atom is -0.267 e. The van der Waals surface area contributed by atoms with Gasteiger partial charge in [-0.15, -0.1) is 11.3 Å². The van der Waals surface area contributed by atoms with Gasteiger partial charge in [-0.2, -0.15) is 0 Å². The lowest BCUT2D eigenvalue weighted by Crippen LogP contribution is -2.01. The van der Waals surface area contributed by atoms with Crippen LogP contribution in [0, 0.1) is 0 Å². The molecule has 72 valence electrons. The van der Waals surface area contributed by atoms with E-state index in [-0.39, 0.29) is 5.56 Å². The topological polar surface area (TPSA) is 42.9 Å². The van der Waals surface area contributed by atoms with E-state index in [1.807, 2.05) is 17.5 Å². The van der Waals surface area contributed by atoms with Crippen LogP contribution in [0.15, 0.2) is 40.6 Å². The van der Waals surface area contributed by atoms with Gasteiger partial charge in [-0.1, -0.05) is 0 Å². The van der Waals surface area contributed by atoms with Crippen molar-refractivity contribution in [3.05, 3.63) is 46.2 Å². The third-order valence-electron chi connectivity index (χ3n) is 2.21. The summed E-state index contributed by atoms with van der Waals surface area (Å²) in [5.41, 5.74) is 1.48. The Morgan fingerprint density at radius 2 is 2.07 bits per heavy atom. The van der Waals surface area contributed by atoms with Gasteiger partial charge < -0.3 is 0 Å². The van der Waals surface area contributed by atoms with Crippen LogP contribution in [0.25, 0.3) is 21.1 Å². The predicted octanol–water partition coefficient (Wildman–Crippen LogP) is 2.20. The van der Waals surface area contributed by atoms with Gasteiger partial charge in [0.15, 0.2) is 0 Å². The van der Waals surface area contributed by atoms with E-state index in [0.29, 0.717) is 0 Å². The normalized spacial score (nSPS) is 10.9. The van der Waals surface area contributed by atoms with Crippen molar-refractivity contribution in [3.8, 4) is 0 Å². The molecule has 2 heterocycles. The zero-order valence-electron chi connectivity index (χ0n) is 7.68. The molecule has 15 heavy (non-hydrogen) atoms. The largest absolute Gasteiger partial charge is 0.270 e. The SMILES string of the molecule is O=c1ccc2cc3nccsc3cc2n1. The zero-order valence-corrected chi connectivity index (χ0v) is 8.49. The predicted molar refractivity (Wildman–Crippen MR) is 61.2 cm³/mol. The smallest absolute Gasteiger partial charge is 0.267 e. The fourth-order valence-corrected chi connectivity index (χ4v) is 2.21. The number of pyridine rings is 1. The van der Waals surface area contributed by atoms with Gasteiger partial charge in [0, 0.05) is 23.0 Å². The van der Waals surface area contributed by atoms with Gasteiger partial charge in [0.25, 0.3) is 5.56 Å². The first-order valence-corrected chi connectivity index (χ1v) is 5.35. The summed E-state index contributed by atoms with van der Waals surface area (Å²) in [7, 11) is 0. The van der Waals surface area contributed by atoms with Gasteiger partial charge >= 0.3 is 0 Å². The average Bonchev–Trinajstić information content (AvgIpc) is 2.26. The molecule has 0 bridgehead atoms. The number of rotatable bonds is 0. The van der Waals surface area contributed by atoms with Crippen LogP contribution in [0.1, 0.15) is 0 Å². The van der Waals surface area contributed by atoms with Gasteiger partial charge in [-0.3, -0.25) is 9.78 Å². The zero-order chi connectivity index (χ0) is 10.3. The van der Waals surface area contributed by atoms with E-state index < -0.39 is 0 Å². The van der Waals surface area contributed by atoms with Crippen LogP contribution >= 0.6 is 11.3 Å². The lowest BCUT2D eigenvalue weighted by atomic mass is 10.2. The van der Waals surface area contributed by atoms with Crippen molar-refractivity contribution in [2.75, 3.05) is 0 Å². The molecule has 4 heteroatoms. The molecule has 0 saturated heterocycles. The third kappa shape index (κ3) is 1.39.